The van der Waals surface area contributed by atoms with Gasteiger partial charge in [0.1, 0.15) is 0 Å². The lowest BCUT2D eigenvalue weighted by Crippen LogP contribution is -2.64. The van der Waals surface area contributed by atoms with Crippen molar-refractivity contribution in [3.05, 3.63) is 17.5 Å². The van der Waals surface area contributed by atoms with Gasteiger partial charge < -0.3 is 9.84 Å². The van der Waals surface area contributed by atoms with E-state index in [9.17, 15) is 0 Å². The van der Waals surface area contributed by atoms with Crippen LogP contribution in [0.5, 0.6) is 0 Å². The Morgan fingerprint density at radius 2 is 2.15 bits per heavy atom. The van der Waals surface area contributed by atoms with Gasteiger partial charge in [-0.25, -0.2) is 0 Å². The third-order valence-corrected chi connectivity index (χ3v) is 4.82. The van der Waals surface area contributed by atoms with E-state index in [1.807, 2.05) is 6.92 Å². The lowest BCUT2D eigenvalue weighted by molar-refractivity contribution is 0.0380. The highest BCUT2D eigenvalue weighted by atomic mass is 16.5. The van der Waals surface area contributed by atoms with Crippen LogP contribution in [-0.2, 0) is 6.54 Å². The summed E-state index contributed by atoms with van der Waals surface area (Å²) in [4.78, 5) is 2.58. The predicted molar refractivity (Wildman–Crippen MR) is 81.6 cm³/mol. The second-order valence-corrected chi connectivity index (χ2v) is 6.52. The Morgan fingerprint density at radius 1 is 1.45 bits per heavy atom. The molecule has 4 nitrogen and oxygen atoms in total. The van der Waals surface area contributed by atoms with Crippen molar-refractivity contribution >= 4 is 0 Å². The first-order valence-corrected chi connectivity index (χ1v) is 7.91. The van der Waals surface area contributed by atoms with Crippen molar-refractivity contribution in [1.82, 2.24) is 15.4 Å². The molecule has 1 saturated heterocycles. The van der Waals surface area contributed by atoms with Crippen molar-refractivity contribution in [3.8, 4) is 0 Å². The van der Waals surface area contributed by atoms with E-state index >= 15 is 0 Å². The van der Waals surface area contributed by atoms with Gasteiger partial charge >= 0.3 is 0 Å². The highest BCUT2D eigenvalue weighted by molar-refractivity contribution is 5.05. The van der Waals surface area contributed by atoms with Gasteiger partial charge in [-0.2, -0.15) is 0 Å². The van der Waals surface area contributed by atoms with Crippen LogP contribution >= 0.6 is 0 Å². The van der Waals surface area contributed by atoms with Crippen LogP contribution in [0, 0.1) is 12.8 Å². The van der Waals surface area contributed by atoms with Gasteiger partial charge in [0.15, 0.2) is 5.76 Å². The molecule has 1 aromatic rings. The second-order valence-electron chi connectivity index (χ2n) is 6.52. The minimum absolute atomic E-state index is 0.250. The molecule has 0 aliphatic carbocycles. The third-order valence-electron chi connectivity index (χ3n) is 4.82. The molecule has 0 saturated carbocycles. The molecule has 2 heterocycles. The molecule has 0 spiro atoms. The zero-order valence-electron chi connectivity index (χ0n) is 13.6. The molecule has 20 heavy (non-hydrogen) atoms. The fraction of sp³-hybridized carbons (Fsp3) is 0.812. The maximum Gasteiger partial charge on any atom is 0.150 e. The summed E-state index contributed by atoms with van der Waals surface area (Å²) < 4.78 is 5.42. The molecule has 1 fully saturated rings. The molecular weight excluding hydrogens is 250 g/mol. The van der Waals surface area contributed by atoms with Gasteiger partial charge in [-0.15, -0.1) is 0 Å². The molecule has 114 valence electrons. The fourth-order valence-corrected chi connectivity index (χ4v) is 3.26. The summed E-state index contributed by atoms with van der Waals surface area (Å²) in [5, 5.41) is 7.81. The van der Waals surface area contributed by atoms with E-state index in [2.05, 4.69) is 49.1 Å². The van der Waals surface area contributed by atoms with Crippen molar-refractivity contribution in [1.29, 1.82) is 0 Å². The molecule has 1 aromatic heterocycles. The normalized spacial score (nSPS) is 23.4. The van der Waals surface area contributed by atoms with Crippen LogP contribution in [-0.4, -0.2) is 34.7 Å². The highest BCUT2D eigenvalue weighted by Crippen LogP contribution is 2.27. The summed E-state index contributed by atoms with van der Waals surface area (Å²) in [6, 6.07) is 2.62. The number of nitrogens with one attached hydrogen (secondary N) is 1. The summed E-state index contributed by atoms with van der Waals surface area (Å²) in [7, 11) is 0. The smallest absolute Gasteiger partial charge is 0.150 e. The van der Waals surface area contributed by atoms with Crippen molar-refractivity contribution in [3.63, 3.8) is 0 Å². The Balaban J connectivity index is 2.14. The Morgan fingerprint density at radius 3 is 2.65 bits per heavy atom. The molecule has 1 aliphatic heterocycles. The average Bonchev–Trinajstić information content (AvgIpc) is 2.83. The average molecular weight is 279 g/mol. The molecule has 1 aliphatic rings. The number of hydrogen-bond acceptors (Lipinski definition) is 4. The van der Waals surface area contributed by atoms with E-state index in [1.54, 1.807) is 0 Å². The van der Waals surface area contributed by atoms with Crippen LogP contribution < -0.4 is 5.32 Å². The van der Waals surface area contributed by atoms with Crippen LogP contribution in [0.4, 0.5) is 0 Å². The number of piperazine rings is 1. The Hall–Kier alpha value is -0.870. The maximum absolute atomic E-state index is 5.42. The van der Waals surface area contributed by atoms with Crippen LogP contribution in [0.2, 0.25) is 0 Å². The quantitative estimate of drug-likeness (QED) is 0.899. The number of rotatable bonds is 5. The molecule has 1 atom stereocenters. The first-order chi connectivity index (χ1) is 9.49. The van der Waals surface area contributed by atoms with Crippen LogP contribution in [0.15, 0.2) is 10.6 Å². The molecule has 4 heteroatoms. The van der Waals surface area contributed by atoms with E-state index < -0.39 is 0 Å². The van der Waals surface area contributed by atoms with Crippen molar-refractivity contribution < 1.29 is 4.52 Å². The van der Waals surface area contributed by atoms with Gasteiger partial charge in [0, 0.05) is 30.7 Å². The topological polar surface area (TPSA) is 41.3 Å². The van der Waals surface area contributed by atoms with E-state index in [-0.39, 0.29) is 5.54 Å². The number of nitrogens with zero attached hydrogens (tertiary/aromatic N) is 2. The summed E-state index contributed by atoms with van der Waals surface area (Å²) >= 11 is 0. The minimum Gasteiger partial charge on any atom is -0.360 e. The van der Waals surface area contributed by atoms with Gasteiger partial charge in [0.25, 0.3) is 0 Å². The van der Waals surface area contributed by atoms with E-state index in [4.69, 9.17) is 4.52 Å². The first kappa shape index (κ1) is 15.5. The summed E-state index contributed by atoms with van der Waals surface area (Å²) in [5.41, 5.74) is 1.22. The van der Waals surface area contributed by atoms with Crippen LogP contribution in [0.1, 0.15) is 52.0 Å². The van der Waals surface area contributed by atoms with E-state index in [0.29, 0.717) is 12.0 Å². The van der Waals surface area contributed by atoms with Gasteiger partial charge in [-0.05, 0) is 25.7 Å². The molecule has 0 aromatic carbocycles. The molecule has 2 rings (SSSR count). The molecular formula is C16H29N3O. The monoisotopic (exact) mass is 279 g/mol. The Kier molecular flexibility index (Phi) is 4.86. The third kappa shape index (κ3) is 3.23. The molecule has 1 unspecified atom stereocenters. The largest absolute Gasteiger partial charge is 0.360 e. The lowest BCUT2D eigenvalue weighted by atomic mass is 9.86. The predicted octanol–water partition coefficient (Wildman–Crippen LogP) is 2.97. The summed E-state index contributed by atoms with van der Waals surface area (Å²) in [5.74, 6) is 1.62. The van der Waals surface area contributed by atoms with E-state index in [1.165, 1.54) is 12.8 Å². The number of aryl methyl sites for hydroxylation is 1. The van der Waals surface area contributed by atoms with Crippen molar-refractivity contribution in [2.75, 3.05) is 13.1 Å². The molecule has 0 amide bonds. The van der Waals surface area contributed by atoms with Gasteiger partial charge in [0.2, 0.25) is 0 Å². The lowest BCUT2D eigenvalue weighted by Gasteiger charge is -2.48. The molecule has 0 radical (unpaired) electrons. The maximum atomic E-state index is 5.42. The standard InChI is InChI=1S/C16H29N3O/c1-6-16(7-2)11-19(15(9-17-16)12(3)4)10-14-8-13(5)18-20-14/h8,12,15,17H,6-7,9-11H2,1-5H3. The van der Waals surface area contributed by atoms with Crippen LogP contribution in [0.25, 0.3) is 0 Å². The van der Waals surface area contributed by atoms with Gasteiger partial charge in [-0.3, -0.25) is 4.90 Å². The molecule has 1 N–H and O–H groups in total. The van der Waals surface area contributed by atoms with Gasteiger partial charge in [-0.1, -0.05) is 32.9 Å². The highest BCUT2D eigenvalue weighted by Gasteiger charge is 2.38. The van der Waals surface area contributed by atoms with Crippen molar-refractivity contribution in [2.45, 2.75) is 65.6 Å². The second kappa shape index (κ2) is 6.27. The Bertz CT molecular complexity index is 423. The number of aromatic nitrogens is 1. The molecule has 0 bridgehead atoms. The summed E-state index contributed by atoms with van der Waals surface area (Å²) in [6.45, 7) is 14.2. The zero-order valence-corrected chi connectivity index (χ0v) is 13.6. The minimum atomic E-state index is 0.250. The van der Waals surface area contributed by atoms with Gasteiger partial charge in [0.05, 0.1) is 12.2 Å². The van der Waals surface area contributed by atoms with Crippen molar-refractivity contribution in [2.24, 2.45) is 5.92 Å². The Labute approximate surface area is 122 Å². The summed E-state index contributed by atoms with van der Waals surface area (Å²) in [6.07, 6.45) is 2.33. The SMILES string of the molecule is CCC1(CC)CN(Cc2cc(C)no2)C(C(C)C)CN1. The van der Waals surface area contributed by atoms with E-state index in [0.717, 1.165) is 31.1 Å². The fourth-order valence-electron chi connectivity index (χ4n) is 3.26. The number of hydrogen-bond donors (Lipinski definition) is 1. The first-order valence-electron chi connectivity index (χ1n) is 7.91. The zero-order chi connectivity index (χ0) is 14.8. The van der Waals surface area contributed by atoms with Crippen LogP contribution in [0.3, 0.4) is 0 Å².